The number of rotatable bonds is 4. The predicted molar refractivity (Wildman–Crippen MR) is 64.9 cm³/mol. The average Bonchev–Trinajstić information content (AvgIpc) is 2.17. The molecule has 1 aliphatic rings. The van der Waals surface area contributed by atoms with Crippen LogP contribution in [0.3, 0.4) is 0 Å². The van der Waals surface area contributed by atoms with E-state index in [9.17, 15) is 14.1 Å². The normalized spacial score (nSPS) is 23.2. The van der Waals surface area contributed by atoms with Gasteiger partial charge in [0.25, 0.3) is 0 Å². The van der Waals surface area contributed by atoms with E-state index in [1.807, 2.05) is 18.7 Å². The van der Waals surface area contributed by atoms with E-state index < -0.39 is 22.3 Å². The van der Waals surface area contributed by atoms with Gasteiger partial charge in [-0.25, -0.2) is 0 Å². The lowest BCUT2D eigenvalue weighted by Gasteiger charge is -2.40. The van der Waals surface area contributed by atoms with E-state index in [4.69, 9.17) is 0 Å². The molecular formula is C11H21NO3S. The van der Waals surface area contributed by atoms with Crippen LogP contribution >= 0.6 is 0 Å². The zero-order valence-corrected chi connectivity index (χ0v) is 11.0. The molecule has 94 valence electrons. The molecule has 0 saturated carbocycles. The van der Waals surface area contributed by atoms with Gasteiger partial charge in [0.15, 0.2) is 0 Å². The summed E-state index contributed by atoms with van der Waals surface area (Å²) >= 11 is 0. The van der Waals surface area contributed by atoms with Gasteiger partial charge in [0.1, 0.15) is 5.54 Å². The van der Waals surface area contributed by atoms with Crippen LogP contribution in [0.4, 0.5) is 0 Å². The second-order valence-corrected chi connectivity index (χ2v) is 6.71. The number of hydrogen-bond acceptors (Lipinski definition) is 3. The van der Waals surface area contributed by atoms with Gasteiger partial charge in [-0.05, 0) is 19.3 Å². The van der Waals surface area contributed by atoms with Crippen molar-refractivity contribution in [2.45, 2.75) is 32.7 Å². The average molecular weight is 247 g/mol. The number of nitrogens with zero attached hydrogens (tertiary/aromatic N) is 1. The van der Waals surface area contributed by atoms with Crippen molar-refractivity contribution in [2.24, 2.45) is 5.92 Å². The highest BCUT2D eigenvalue weighted by molar-refractivity contribution is 7.85. The highest BCUT2D eigenvalue weighted by Gasteiger charge is 2.41. The summed E-state index contributed by atoms with van der Waals surface area (Å²) in [6, 6.07) is 0. The maximum atomic E-state index is 11.4. The zero-order valence-electron chi connectivity index (χ0n) is 10.2. The van der Waals surface area contributed by atoms with Gasteiger partial charge in [0.2, 0.25) is 0 Å². The first-order valence-corrected chi connectivity index (χ1v) is 7.18. The Hall–Kier alpha value is -0.420. The first kappa shape index (κ1) is 13.6. The molecule has 0 amide bonds. The number of carboxylic acids is 1. The Balaban J connectivity index is 2.77. The fourth-order valence-electron chi connectivity index (χ4n) is 2.28. The van der Waals surface area contributed by atoms with E-state index in [2.05, 4.69) is 0 Å². The minimum atomic E-state index is -0.807. The van der Waals surface area contributed by atoms with Crippen LogP contribution in [0.2, 0.25) is 0 Å². The van der Waals surface area contributed by atoms with Gasteiger partial charge in [0.05, 0.1) is 0 Å². The molecule has 5 heteroatoms. The molecule has 1 rings (SSSR count). The summed E-state index contributed by atoms with van der Waals surface area (Å²) in [5, 5.41) is 9.38. The van der Waals surface area contributed by atoms with Crippen LogP contribution in [0.15, 0.2) is 0 Å². The van der Waals surface area contributed by atoms with Gasteiger partial charge < -0.3 is 5.11 Å². The molecular weight excluding hydrogens is 226 g/mol. The van der Waals surface area contributed by atoms with Crippen LogP contribution in [0, 0.1) is 5.92 Å². The van der Waals surface area contributed by atoms with Crippen LogP contribution in [-0.4, -0.2) is 50.3 Å². The van der Waals surface area contributed by atoms with Gasteiger partial charge in [-0.15, -0.1) is 0 Å². The van der Waals surface area contributed by atoms with E-state index in [0.717, 1.165) is 0 Å². The Morgan fingerprint density at radius 1 is 1.44 bits per heavy atom. The Morgan fingerprint density at radius 2 is 1.94 bits per heavy atom. The fourth-order valence-corrected chi connectivity index (χ4v) is 3.33. The Labute approximate surface area is 99.5 Å². The third kappa shape index (κ3) is 3.04. The van der Waals surface area contributed by atoms with Crippen molar-refractivity contribution in [3.05, 3.63) is 0 Å². The summed E-state index contributed by atoms with van der Waals surface area (Å²) in [5.74, 6) is 0.768. The summed E-state index contributed by atoms with van der Waals surface area (Å²) in [7, 11) is -0.756. The Morgan fingerprint density at radius 3 is 2.31 bits per heavy atom. The largest absolute Gasteiger partial charge is 0.480 e. The van der Waals surface area contributed by atoms with Crippen LogP contribution in [0.5, 0.6) is 0 Å². The fraction of sp³-hybridized carbons (Fsp3) is 0.909. The van der Waals surface area contributed by atoms with Gasteiger partial charge in [-0.3, -0.25) is 13.9 Å². The minimum absolute atomic E-state index is 0.341. The van der Waals surface area contributed by atoms with Crippen LogP contribution in [-0.2, 0) is 15.6 Å². The minimum Gasteiger partial charge on any atom is -0.480 e. The molecule has 0 bridgehead atoms. The second kappa shape index (κ2) is 5.27. The predicted octanol–water partition coefficient (Wildman–Crippen LogP) is 0.940. The molecule has 0 radical (unpaired) electrons. The van der Waals surface area contributed by atoms with E-state index >= 15 is 0 Å². The van der Waals surface area contributed by atoms with Gasteiger partial charge in [-0.1, -0.05) is 13.8 Å². The monoisotopic (exact) mass is 247 g/mol. The van der Waals surface area contributed by atoms with Crippen molar-refractivity contribution >= 4 is 16.8 Å². The molecule has 0 aromatic carbocycles. The lowest BCUT2D eigenvalue weighted by molar-refractivity contribution is -0.151. The summed E-state index contributed by atoms with van der Waals surface area (Å²) < 4.78 is 11.3. The number of carboxylic acid groups (broad SMARTS) is 1. The van der Waals surface area contributed by atoms with E-state index in [-0.39, 0.29) is 0 Å². The van der Waals surface area contributed by atoms with E-state index in [0.29, 0.717) is 36.9 Å². The number of carbonyl (C=O) groups is 1. The molecule has 1 heterocycles. The highest BCUT2D eigenvalue weighted by atomic mass is 32.2. The molecule has 4 nitrogen and oxygen atoms in total. The zero-order chi connectivity index (χ0) is 12.3. The summed E-state index contributed by atoms with van der Waals surface area (Å²) in [6.07, 6.45) is 0.634. The lowest BCUT2D eigenvalue weighted by atomic mass is 9.89. The van der Waals surface area contributed by atoms with Crippen LogP contribution in [0.25, 0.3) is 0 Å². The molecule has 1 N–H and O–H groups in total. The number of aliphatic carboxylic acids is 1. The second-order valence-electron chi connectivity index (χ2n) is 5.01. The van der Waals surface area contributed by atoms with Crippen molar-refractivity contribution in [2.75, 3.05) is 24.6 Å². The molecule has 0 spiro atoms. The molecule has 1 aliphatic heterocycles. The maximum Gasteiger partial charge on any atom is 0.323 e. The Kier molecular flexibility index (Phi) is 4.50. The van der Waals surface area contributed by atoms with Crippen molar-refractivity contribution in [1.82, 2.24) is 4.90 Å². The number of hydrogen-bond donors (Lipinski definition) is 1. The molecule has 16 heavy (non-hydrogen) atoms. The summed E-state index contributed by atoms with van der Waals surface area (Å²) in [5.41, 5.74) is -0.807. The van der Waals surface area contributed by atoms with Crippen molar-refractivity contribution in [3.63, 3.8) is 0 Å². The molecule has 1 fully saturated rings. The molecule has 0 aliphatic carbocycles. The molecule has 0 aromatic rings. The van der Waals surface area contributed by atoms with Crippen molar-refractivity contribution < 1.29 is 14.1 Å². The standard InChI is InChI=1S/C11H21NO3S/c1-9(2)8-11(3,10(13)14)12-4-6-16(15)7-5-12/h9H,4-8H2,1-3H3,(H,13,14). The summed E-state index contributed by atoms with van der Waals surface area (Å²) in [6.45, 7) is 7.10. The van der Waals surface area contributed by atoms with Gasteiger partial charge in [0, 0.05) is 35.4 Å². The van der Waals surface area contributed by atoms with Gasteiger partial charge >= 0.3 is 5.97 Å². The first-order valence-electron chi connectivity index (χ1n) is 5.69. The molecule has 1 atom stereocenters. The molecule has 1 unspecified atom stereocenters. The van der Waals surface area contributed by atoms with Crippen LogP contribution < -0.4 is 0 Å². The Bertz CT molecular complexity index is 283. The van der Waals surface area contributed by atoms with Crippen molar-refractivity contribution in [1.29, 1.82) is 0 Å². The lowest BCUT2D eigenvalue weighted by Crippen LogP contribution is -2.57. The molecule has 1 saturated heterocycles. The third-order valence-corrected chi connectivity index (χ3v) is 4.42. The van der Waals surface area contributed by atoms with E-state index in [1.54, 1.807) is 6.92 Å². The van der Waals surface area contributed by atoms with Crippen LogP contribution in [0.1, 0.15) is 27.2 Å². The summed E-state index contributed by atoms with van der Waals surface area (Å²) in [4.78, 5) is 13.4. The quantitative estimate of drug-likeness (QED) is 0.803. The van der Waals surface area contributed by atoms with Crippen molar-refractivity contribution in [3.8, 4) is 0 Å². The van der Waals surface area contributed by atoms with E-state index in [1.165, 1.54) is 0 Å². The maximum absolute atomic E-state index is 11.4. The smallest absolute Gasteiger partial charge is 0.323 e. The SMILES string of the molecule is CC(C)CC(C)(C(=O)O)N1CCS(=O)CC1. The van der Waals surface area contributed by atoms with Gasteiger partial charge in [-0.2, -0.15) is 0 Å². The third-order valence-electron chi connectivity index (χ3n) is 3.14. The topological polar surface area (TPSA) is 57.6 Å². The first-order chi connectivity index (χ1) is 7.36. The highest BCUT2D eigenvalue weighted by Crippen LogP contribution is 2.25. The molecule has 0 aromatic heterocycles.